The molecule has 4 nitrogen and oxygen atoms in total. The van der Waals surface area contributed by atoms with Crippen molar-refractivity contribution in [2.75, 3.05) is 14.2 Å². The van der Waals surface area contributed by atoms with Crippen LogP contribution in [0.15, 0.2) is 10.5 Å². The van der Waals surface area contributed by atoms with Crippen molar-refractivity contribution in [2.24, 2.45) is 0 Å². The highest BCUT2D eigenvalue weighted by atomic mass is 79.9. The van der Waals surface area contributed by atoms with Gasteiger partial charge in [-0.15, -0.1) is 0 Å². The fourth-order valence-corrected chi connectivity index (χ4v) is 2.91. The monoisotopic (exact) mass is 342 g/mol. The van der Waals surface area contributed by atoms with Crippen molar-refractivity contribution < 1.29 is 17.9 Å². The summed E-state index contributed by atoms with van der Waals surface area (Å²) in [7, 11) is 4.55. The standard InChI is InChI=1S/C10H12BrClO4S/c1-6-8(11)4-7(5-17(12,13)14)10(16-3)9(6)15-2/h4H,5H2,1-3H3. The number of hydrogen-bond donors (Lipinski definition) is 0. The topological polar surface area (TPSA) is 52.6 Å². The fraction of sp³-hybridized carbons (Fsp3) is 0.400. The summed E-state index contributed by atoms with van der Waals surface area (Å²) in [4.78, 5) is 0. The molecule has 0 aliphatic carbocycles. The van der Waals surface area contributed by atoms with Crippen molar-refractivity contribution in [2.45, 2.75) is 12.7 Å². The fourth-order valence-electron chi connectivity index (χ4n) is 1.51. The van der Waals surface area contributed by atoms with E-state index < -0.39 is 9.05 Å². The van der Waals surface area contributed by atoms with Gasteiger partial charge in [0.05, 0.1) is 20.0 Å². The molecule has 0 bridgehead atoms. The van der Waals surface area contributed by atoms with Gasteiger partial charge in [-0.3, -0.25) is 0 Å². The Labute approximate surface area is 113 Å². The first-order valence-electron chi connectivity index (χ1n) is 4.62. The molecule has 0 fully saturated rings. The highest BCUT2D eigenvalue weighted by Gasteiger charge is 2.19. The van der Waals surface area contributed by atoms with E-state index in [-0.39, 0.29) is 5.75 Å². The molecule has 0 aromatic heterocycles. The summed E-state index contributed by atoms with van der Waals surface area (Å²) in [5.41, 5.74) is 1.29. The number of ether oxygens (including phenoxy) is 2. The molecule has 0 heterocycles. The molecule has 0 N–H and O–H groups in total. The molecule has 1 aromatic carbocycles. The first-order valence-corrected chi connectivity index (χ1v) is 7.89. The van der Waals surface area contributed by atoms with Gasteiger partial charge in [0, 0.05) is 26.3 Å². The van der Waals surface area contributed by atoms with Crippen LogP contribution < -0.4 is 9.47 Å². The molecule has 1 aromatic rings. The van der Waals surface area contributed by atoms with Crippen molar-refractivity contribution >= 4 is 35.7 Å². The van der Waals surface area contributed by atoms with E-state index in [0.29, 0.717) is 17.1 Å². The van der Waals surface area contributed by atoms with Gasteiger partial charge in [-0.25, -0.2) is 8.42 Å². The molecule has 1 rings (SSSR count). The Balaban J connectivity index is 3.45. The number of methoxy groups -OCH3 is 2. The van der Waals surface area contributed by atoms with Gasteiger partial charge in [0.15, 0.2) is 11.5 Å². The average molecular weight is 344 g/mol. The Bertz CT molecular complexity index is 528. The molecule has 0 radical (unpaired) electrons. The minimum atomic E-state index is -3.65. The maximum atomic E-state index is 11.1. The minimum absolute atomic E-state index is 0.313. The lowest BCUT2D eigenvalue weighted by Gasteiger charge is -2.15. The Kier molecular flexibility index (Phi) is 4.69. The summed E-state index contributed by atoms with van der Waals surface area (Å²) < 4.78 is 33.4. The largest absolute Gasteiger partial charge is 0.493 e. The normalized spacial score (nSPS) is 11.4. The summed E-state index contributed by atoms with van der Waals surface area (Å²) >= 11 is 3.34. The van der Waals surface area contributed by atoms with Crippen LogP contribution in [0.1, 0.15) is 11.1 Å². The quantitative estimate of drug-likeness (QED) is 0.789. The second-order valence-corrected chi connectivity index (χ2v) is 7.02. The van der Waals surface area contributed by atoms with Crippen molar-refractivity contribution in [3.8, 4) is 11.5 Å². The van der Waals surface area contributed by atoms with Gasteiger partial charge in [-0.2, -0.15) is 0 Å². The van der Waals surface area contributed by atoms with Crippen molar-refractivity contribution in [1.82, 2.24) is 0 Å². The Hall–Kier alpha value is -0.460. The Morgan fingerprint density at radius 3 is 2.24 bits per heavy atom. The van der Waals surface area contributed by atoms with E-state index in [9.17, 15) is 8.42 Å². The van der Waals surface area contributed by atoms with Crippen LogP contribution >= 0.6 is 26.6 Å². The number of rotatable bonds is 4. The lowest BCUT2D eigenvalue weighted by molar-refractivity contribution is 0.350. The third-order valence-corrected chi connectivity index (χ3v) is 4.04. The summed E-state index contributed by atoms with van der Waals surface area (Å²) in [6.07, 6.45) is 0. The molecular weight excluding hydrogens is 332 g/mol. The Morgan fingerprint density at radius 1 is 1.29 bits per heavy atom. The predicted molar refractivity (Wildman–Crippen MR) is 70.5 cm³/mol. The number of halogens is 2. The molecule has 0 spiro atoms. The summed E-state index contributed by atoms with van der Waals surface area (Å²) in [5.74, 6) is 0.571. The third kappa shape index (κ3) is 3.50. The molecule has 96 valence electrons. The Morgan fingerprint density at radius 2 is 1.82 bits per heavy atom. The van der Waals surface area contributed by atoms with Crippen LogP contribution in [0.4, 0.5) is 0 Å². The van der Waals surface area contributed by atoms with E-state index in [1.165, 1.54) is 14.2 Å². The maximum absolute atomic E-state index is 11.1. The molecule has 0 atom stereocenters. The molecule has 0 aliphatic heterocycles. The predicted octanol–water partition coefficient (Wildman–Crippen LogP) is 2.84. The maximum Gasteiger partial charge on any atom is 0.236 e. The zero-order valence-electron chi connectivity index (χ0n) is 9.58. The van der Waals surface area contributed by atoms with Gasteiger partial charge in [0.1, 0.15) is 0 Å². The van der Waals surface area contributed by atoms with Crippen LogP contribution in [0.5, 0.6) is 11.5 Å². The van der Waals surface area contributed by atoms with Crippen LogP contribution in [0, 0.1) is 6.92 Å². The van der Waals surface area contributed by atoms with E-state index in [1.807, 2.05) is 6.92 Å². The van der Waals surface area contributed by atoms with Gasteiger partial charge in [-0.1, -0.05) is 15.9 Å². The molecule has 0 aliphatic rings. The average Bonchev–Trinajstić information content (AvgIpc) is 2.20. The van der Waals surface area contributed by atoms with Crippen molar-refractivity contribution in [3.63, 3.8) is 0 Å². The summed E-state index contributed by atoms with van der Waals surface area (Å²) in [6, 6.07) is 1.66. The highest BCUT2D eigenvalue weighted by Crippen LogP contribution is 2.39. The van der Waals surface area contributed by atoms with Gasteiger partial charge < -0.3 is 9.47 Å². The van der Waals surface area contributed by atoms with Gasteiger partial charge in [0.25, 0.3) is 0 Å². The second-order valence-electron chi connectivity index (χ2n) is 3.39. The highest BCUT2D eigenvalue weighted by molar-refractivity contribution is 9.10. The molecule has 0 unspecified atom stereocenters. The zero-order valence-corrected chi connectivity index (χ0v) is 12.7. The molecular formula is C10H12BrClO4S. The molecule has 7 heteroatoms. The van der Waals surface area contributed by atoms with Gasteiger partial charge in [0.2, 0.25) is 9.05 Å². The lowest BCUT2D eigenvalue weighted by atomic mass is 10.1. The van der Waals surface area contributed by atoms with Crippen LogP contribution in [0.25, 0.3) is 0 Å². The third-order valence-electron chi connectivity index (χ3n) is 2.23. The molecule has 0 amide bonds. The number of benzene rings is 1. The van der Waals surface area contributed by atoms with Crippen LogP contribution in [-0.2, 0) is 14.8 Å². The summed E-state index contributed by atoms with van der Waals surface area (Å²) in [5, 5.41) is 0. The lowest BCUT2D eigenvalue weighted by Crippen LogP contribution is -2.02. The first-order chi connectivity index (χ1) is 7.80. The zero-order chi connectivity index (χ0) is 13.2. The first kappa shape index (κ1) is 14.6. The van der Waals surface area contributed by atoms with E-state index in [1.54, 1.807) is 6.07 Å². The molecule has 0 saturated heterocycles. The van der Waals surface area contributed by atoms with Crippen molar-refractivity contribution in [3.05, 3.63) is 21.7 Å². The van der Waals surface area contributed by atoms with Gasteiger partial charge >= 0.3 is 0 Å². The van der Waals surface area contributed by atoms with E-state index >= 15 is 0 Å². The molecule has 17 heavy (non-hydrogen) atoms. The summed E-state index contributed by atoms with van der Waals surface area (Å²) in [6.45, 7) is 1.84. The van der Waals surface area contributed by atoms with E-state index in [2.05, 4.69) is 15.9 Å². The van der Waals surface area contributed by atoms with E-state index in [4.69, 9.17) is 20.2 Å². The van der Waals surface area contributed by atoms with Crippen molar-refractivity contribution in [1.29, 1.82) is 0 Å². The molecule has 0 saturated carbocycles. The number of hydrogen-bond acceptors (Lipinski definition) is 4. The van der Waals surface area contributed by atoms with E-state index in [0.717, 1.165) is 10.0 Å². The van der Waals surface area contributed by atoms with Crippen LogP contribution in [0.3, 0.4) is 0 Å². The minimum Gasteiger partial charge on any atom is -0.493 e. The second kappa shape index (κ2) is 5.46. The van der Waals surface area contributed by atoms with Gasteiger partial charge in [-0.05, 0) is 13.0 Å². The van der Waals surface area contributed by atoms with Crippen LogP contribution in [-0.4, -0.2) is 22.6 Å². The SMILES string of the molecule is COc1c(CS(=O)(=O)Cl)cc(Br)c(C)c1OC. The smallest absolute Gasteiger partial charge is 0.236 e. The van der Waals surface area contributed by atoms with Crippen LogP contribution in [0.2, 0.25) is 0 Å².